The van der Waals surface area contributed by atoms with Crippen molar-refractivity contribution >= 4 is 33.4 Å². The highest BCUT2D eigenvalue weighted by molar-refractivity contribution is 9.10. The summed E-state index contributed by atoms with van der Waals surface area (Å²) in [7, 11) is 0. The second-order valence-electron chi connectivity index (χ2n) is 3.85. The lowest BCUT2D eigenvalue weighted by molar-refractivity contribution is 0.0940. The Balaban J connectivity index is 2.34. The van der Waals surface area contributed by atoms with Gasteiger partial charge in [-0.1, -0.05) is 18.5 Å². The minimum Gasteiger partial charge on any atom is -0.381 e. The number of ether oxygens (including phenoxy) is 1. The van der Waals surface area contributed by atoms with Crippen LogP contribution in [0.5, 0.6) is 0 Å². The lowest BCUT2D eigenvalue weighted by Crippen LogP contribution is -2.25. The molecule has 0 atom stereocenters. The third kappa shape index (κ3) is 5.38. The molecule has 1 rings (SSSR count). The van der Waals surface area contributed by atoms with Crippen LogP contribution in [0.25, 0.3) is 0 Å². The number of hydrogen-bond acceptors (Lipinski definition) is 2. The molecule has 0 spiro atoms. The highest BCUT2D eigenvalue weighted by Crippen LogP contribution is 2.20. The Morgan fingerprint density at radius 3 is 2.94 bits per heavy atom. The molecular formula is C13H17BrClNO2. The Kier molecular flexibility index (Phi) is 7.32. The van der Waals surface area contributed by atoms with Gasteiger partial charge in [0, 0.05) is 29.3 Å². The largest absolute Gasteiger partial charge is 0.381 e. The molecule has 1 aromatic carbocycles. The highest BCUT2D eigenvalue weighted by atomic mass is 79.9. The number of carbonyl (C=O) groups is 1. The van der Waals surface area contributed by atoms with E-state index in [2.05, 4.69) is 28.2 Å². The topological polar surface area (TPSA) is 38.3 Å². The van der Waals surface area contributed by atoms with Crippen LogP contribution >= 0.6 is 27.5 Å². The van der Waals surface area contributed by atoms with E-state index < -0.39 is 0 Å². The molecule has 0 aromatic heterocycles. The molecule has 1 amide bonds. The fourth-order valence-electron chi connectivity index (χ4n) is 1.39. The summed E-state index contributed by atoms with van der Waals surface area (Å²) >= 11 is 9.19. The van der Waals surface area contributed by atoms with Crippen molar-refractivity contribution in [1.82, 2.24) is 5.32 Å². The van der Waals surface area contributed by atoms with Crippen LogP contribution in [0.3, 0.4) is 0 Å². The van der Waals surface area contributed by atoms with Gasteiger partial charge in [-0.05, 0) is 47.0 Å². The number of benzene rings is 1. The Morgan fingerprint density at radius 2 is 2.22 bits per heavy atom. The van der Waals surface area contributed by atoms with E-state index in [1.165, 1.54) is 0 Å². The van der Waals surface area contributed by atoms with E-state index in [0.29, 0.717) is 23.7 Å². The molecule has 0 aliphatic rings. The van der Waals surface area contributed by atoms with Gasteiger partial charge in [0.05, 0.1) is 5.56 Å². The van der Waals surface area contributed by atoms with Crippen molar-refractivity contribution in [1.29, 1.82) is 0 Å². The van der Waals surface area contributed by atoms with E-state index >= 15 is 0 Å². The molecule has 1 aromatic rings. The van der Waals surface area contributed by atoms with E-state index in [4.69, 9.17) is 16.3 Å². The van der Waals surface area contributed by atoms with Crippen LogP contribution in [-0.2, 0) is 4.74 Å². The Bertz CT molecular complexity index is 399. The zero-order valence-corrected chi connectivity index (χ0v) is 12.7. The van der Waals surface area contributed by atoms with Gasteiger partial charge >= 0.3 is 0 Å². The maximum atomic E-state index is 11.9. The molecule has 18 heavy (non-hydrogen) atoms. The zero-order chi connectivity index (χ0) is 13.4. The van der Waals surface area contributed by atoms with E-state index in [1.54, 1.807) is 18.2 Å². The van der Waals surface area contributed by atoms with Gasteiger partial charge in [0.1, 0.15) is 0 Å². The minimum atomic E-state index is -0.125. The van der Waals surface area contributed by atoms with Crippen LogP contribution in [-0.4, -0.2) is 25.7 Å². The van der Waals surface area contributed by atoms with Crippen LogP contribution in [0.1, 0.15) is 30.1 Å². The SMILES string of the molecule is CCCOCCCNC(=O)c1cc(Cl)ccc1Br. The number of rotatable bonds is 7. The molecule has 0 saturated heterocycles. The van der Waals surface area contributed by atoms with Crippen LogP contribution in [0.15, 0.2) is 22.7 Å². The molecule has 1 N–H and O–H groups in total. The van der Waals surface area contributed by atoms with Gasteiger partial charge < -0.3 is 10.1 Å². The molecule has 0 unspecified atom stereocenters. The third-order valence-corrected chi connectivity index (χ3v) is 3.20. The smallest absolute Gasteiger partial charge is 0.252 e. The number of nitrogens with one attached hydrogen (secondary N) is 1. The predicted molar refractivity (Wildman–Crippen MR) is 77.2 cm³/mol. The minimum absolute atomic E-state index is 0.125. The lowest BCUT2D eigenvalue weighted by Gasteiger charge is -2.07. The van der Waals surface area contributed by atoms with Crippen LogP contribution < -0.4 is 5.32 Å². The molecule has 3 nitrogen and oxygen atoms in total. The second-order valence-corrected chi connectivity index (χ2v) is 5.14. The van der Waals surface area contributed by atoms with Crippen molar-refractivity contribution in [2.75, 3.05) is 19.8 Å². The average molecular weight is 335 g/mol. The van der Waals surface area contributed by atoms with Crippen molar-refractivity contribution in [3.8, 4) is 0 Å². The molecule has 0 aliphatic carbocycles. The third-order valence-electron chi connectivity index (χ3n) is 2.27. The second kappa shape index (κ2) is 8.51. The summed E-state index contributed by atoms with van der Waals surface area (Å²) < 4.78 is 6.07. The molecule has 0 radical (unpaired) electrons. The molecule has 0 fully saturated rings. The first-order valence-corrected chi connectivity index (χ1v) is 7.13. The Morgan fingerprint density at radius 1 is 1.44 bits per heavy atom. The Labute approximate surface area is 121 Å². The van der Waals surface area contributed by atoms with Gasteiger partial charge in [0.2, 0.25) is 0 Å². The number of amides is 1. The number of carbonyl (C=O) groups excluding carboxylic acids is 1. The van der Waals surface area contributed by atoms with Crippen LogP contribution in [0.2, 0.25) is 5.02 Å². The maximum Gasteiger partial charge on any atom is 0.252 e. The van der Waals surface area contributed by atoms with E-state index in [0.717, 1.165) is 23.9 Å². The van der Waals surface area contributed by atoms with Gasteiger partial charge in [-0.15, -0.1) is 0 Å². The van der Waals surface area contributed by atoms with Gasteiger partial charge in [0.25, 0.3) is 5.91 Å². The van der Waals surface area contributed by atoms with Crippen molar-refractivity contribution in [2.24, 2.45) is 0 Å². The van der Waals surface area contributed by atoms with Crippen molar-refractivity contribution in [2.45, 2.75) is 19.8 Å². The summed E-state index contributed by atoms with van der Waals surface area (Å²) in [4.78, 5) is 11.9. The summed E-state index contributed by atoms with van der Waals surface area (Å²) in [5, 5.41) is 3.39. The standard InChI is InChI=1S/C13H17BrClNO2/c1-2-7-18-8-3-6-16-13(17)11-9-10(15)4-5-12(11)14/h4-5,9H,2-3,6-8H2,1H3,(H,16,17). The predicted octanol–water partition coefficient (Wildman–Crippen LogP) is 3.65. The van der Waals surface area contributed by atoms with Crippen LogP contribution in [0, 0.1) is 0 Å². The summed E-state index contributed by atoms with van der Waals surface area (Å²) in [6.07, 6.45) is 1.83. The van der Waals surface area contributed by atoms with Crippen molar-refractivity contribution < 1.29 is 9.53 Å². The zero-order valence-electron chi connectivity index (χ0n) is 10.3. The molecule has 0 aliphatic heterocycles. The molecule has 0 saturated carbocycles. The van der Waals surface area contributed by atoms with Gasteiger partial charge in [0.15, 0.2) is 0 Å². The lowest BCUT2D eigenvalue weighted by atomic mass is 10.2. The van der Waals surface area contributed by atoms with E-state index in [9.17, 15) is 4.79 Å². The van der Waals surface area contributed by atoms with E-state index in [-0.39, 0.29) is 5.91 Å². The fraction of sp³-hybridized carbons (Fsp3) is 0.462. The monoisotopic (exact) mass is 333 g/mol. The average Bonchev–Trinajstić information content (AvgIpc) is 2.36. The van der Waals surface area contributed by atoms with Gasteiger partial charge in [-0.2, -0.15) is 0 Å². The quantitative estimate of drug-likeness (QED) is 0.773. The first-order valence-electron chi connectivity index (χ1n) is 5.96. The van der Waals surface area contributed by atoms with Gasteiger partial charge in [-0.25, -0.2) is 0 Å². The molecule has 100 valence electrons. The maximum absolute atomic E-state index is 11.9. The van der Waals surface area contributed by atoms with Crippen LogP contribution in [0.4, 0.5) is 0 Å². The molecule has 5 heteroatoms. The summed E-state index contributed by atoms with van der Waals surface area (Å²) in [5.41, 5.74) is 0.553. The summed E-state index contributed by atoms with van der Waals surface area (Å²) in [5.74, 6) is -0.125. The highest BCUT2D eigenvalue weighted by Gasteiger charge is 2.09. The van der Waals surface area contributed by atoms with Gasteiger partial charge in [-0.3, -0.25) is 4.79 Å². The number of halogens is 2. The number of hydrogen-bond donors (Lipinski definition) is 1. The summed E-state index contributed by atoms with van der Waals surface area (Å²) in [6.45, 7) is 4.11. The van der Waals surface area contributed by atoms with E-state index in [1.807, 2.05) is 0 Å². The normalized spacial score (nSPS) is 10.4. The first kappa shape index (κ1) is 15.5. The molecular weight excluding hydrogens is 318 g/mol. The van der Waals surface area contributed by atoms with Crippen molar-refractivity contribution in [3.63, 3.8) is 0 Å². The van der Waals surface area contributed by atoms with Crippen molar-refractivity contribution in [3.05, 3.63) is 33.3 Å². The first-order chi connectivity index (χ1) is 8.65. The fourth-order valence-corrected chi connectivity index (χ4v) is 1.99. The molecule has 0 heterocycles. The Hall–Kier alpha value is -0.580. The molecule has 0 bridgehead atoms. The summed E-state index contributed by atoms with van der Waals surface area (Å²) in [6, 6.07) is 5.15.